The second-order valence-corrected chi connectivity index (χ2v) is 3.49. The van der Waals surface area contributed by atoms with Crippen LogP contribution in [-0.2, 0) is 13.0 Å². The third kappa shape index (κ3) is 2.93. The van der Waals surface area contributed by atoms with Crippen LogP contribution in [0, 0.1) is 0 Å². The topological polar surface area (TPSA) is 75.9 Å². The van der Waals surface area contributed by atoms with Crippen molar-refractivity contribution in [2.75, 3.05) is 17.7 Å². The molecule has 0 bridgehead atoms. The zero-order valence-corrected chi connectivity index (χ0v) is 9.90. The van der Waals surface area contributed by atoms with Crippen molar-refractivity contribution in [2.24, 2.45) is 0 Å². The minimum absolute atomic E-state index is 0.559. The number of hydrogen-bond donors (Lipinski definition) is 2. The summed E-state index contributed by atoms with van der Waals surface area (Å²) in [6.45, 7) is 2.58. The molecule has 0 aromatic carbocycles. The zero-order valence-electron chi connectivity index (χ0n) is 9.90. The van der Waals surface area contributed by atoms with Crippen molar-refractivity contribution >= 4 is 11.6 Å². The first kappa shape index (κ1) is 11.4. The normalized spacial score (nSPS) is 10.2. The monoisotopic (exact) mass is 233 g/mol. The van der Waals surface area contributed by atoms with E-state index in [2.05, 4.69) is 25.8 Å². The number of rotatable bonds is 5. The summed E-state index contributed by atoms with van der Waals surface area (Å²) in [5, 5.41) is 9.82. The van der Waals surface area contributed by atoms with Gasteiger partial charge in [0, 0.05) is 25.6 Å². The number of anilines is 2. The Morgan fingerprint density at radius 1 is 1.29 bits per heavy atom. The van der Waals surface area contributed by atoms with Gasteiger partial charge in [0.1, 0.15) is 17.5 Å². The number of nitrogens with zero attached hydrogens (tertiary/aromatic N) is 3. The van der Waals surface area contributed by atoms with Crippen LogP contribution in [-0.4, -0.2) is 22.2 Å². The van der Waals surface area contributed by atoms with Crippen molar-refractivity contribution in [3.63, 3.8) is 0 Å². The van der Waals surface area contributed by atoms with Crippen molar-refractivity contribution in [1.29, 1.82) is 0 Å². The van der Waals surface area contributed by atoms with Crippen LogP contribution in [0.25, 0.3) is 0 Å². The standard InChI is InChI=1S/C11H15N5O/c1-3-9-15-10(12-2)6-11(16-9)13-7-8-4-5-14-17-8/h4-6H,3,7H2,1-2H3,(H2,12,13,15,16). The molecule has 2 N–H and O–H groups in total. The van der Waals surface area contributed by atoms with Crippen LogP contribution in [0.5, 0.6) is 0 Å². The van der Waals surface area contributed by atoms with Crippen molar-refractivity contribution in [1.82, 2.24) is 15.1 Å². The van der Waals surface area contributed by atoms with Crippen molar-refractivity contribution in [3.8, 4) is 0 Å². The van der Waals surface area contributed by atoms with Crippen LogP contribution < -0.4 is 10.6 Å². The number of aromatic nitrogens is 3. The molecule has 0 amide bonds. The fraction of sp³-hybridized carbons (Fsp3) is 0.364. The Hall–Kier alpha value is -2.11. The van der Waals surface area contributed by atoms with Gasteiger partial charge >= 0.3 is 0 Å². The van der Waals surface area contributed by atoms with Gasteiger partial charge in [-0.2, -0.15) is 0 Å². The van der Waals surface area contributed by atoms with E-state index >= 15 is 0 Å². The molecule has 2 rings (SSSR count). The summed E-state index contributed by atoms with van der Waals surface area (Å²) < 4.78 is 5.00. The smallest absolute Gasteiger partial charge is 0.155 e. The van der Waals surface area contributed by atoms with Gasteiger partial charge in [0.2, 0.25) is 0 Å². The van der Waals surface area contributed by atoms with Gasteiger partial charge in [-0.25, -0.2) is 9.97 Å². The lowest BCUT2D eigenvalue weighted by atomic mass is 10.4. The van der Waals surface area contributed by atoms with E-state index in [0.717, 1.165) is 29.6 Å². The van der Waals surface area contributed by atoms with E-state index in [1.165, 1.54) is 0 Å². The molecule has 0 aliphatic heterocycles. The predicted molar refractivity (Wildman–Crippen MR) is 64.8 cm³/mol. The van der Waals surface area contributed by atoms with E-state index < -0.39 is 0 Å². The Morgan fingerprint density at radius 2 is 2.12 bits per heavy atom. The number of nitrogens with one attached hydrogen (secondary N) is 2. The molecule has 0 unspecified atom stereocenters. The maximum Gasteiger partial charge on any atom is 0.155 e. The van der Waals surface area contributed by atoms with E-state index in [1.54, 1.807) is 6.20 Å². The molecule has 0 aliphatic carbocycles. The van der Waals surface area contributed by atoms with E-state index in [4.69, 9.17) is 4.52 Å². The van der Waals surface area contributed by atoms with E-state index in [9.17, 15) is 0 Å². The van der Waals surface area contributed by atoms with Gasteiger partial charge in [0.05, 0.1) is 12.7 Å². The molecule has 0 atom stereocenters. The van der Waals surface area contributed by atoms with Gasteiger partial charge in [0.15, 0.2) is 5.76 Å². The minimum atomic E-state index is 0.559. The summed E-state index contributed by atoms with van der Waals surface area (Å²) in [5.41, 5.74) is 0. The van der Waals surface area contributed by atoms with Crippen LogP contribution in [0.2, 0.25) is 0 Å². The van der Waals surface area contributed by atoms with Crippen molar-refractivity contribution in [2.45, 2.75) is 19.9 Å². The van der Waals surface area contributed by atoms with Gasteiger partial charge in [-0.3, -0.25) is 0 Å². The number of aryl methyl sites for hydroxylation is 1. The van der Waals surface area contributed by atoms with Gasteiger partial charge < -0.3 is 15.2 Å². The molecule has 17 heavy (non-hydrogen) atoms. The largest absolute Gasteiger partial charge is 0.373 e. The summed E-state index contributed by atoms with van der Waals surface area (Å²) in [6.07, 6.45) is 2.42. The molecule has 2 aromatic heterocycles. The van der Waals surface area contributed by atoms with Crippen molar-refractivity contribution in [3.05, 3.63) is 29.9 Å². The average Bonchev–Trinajstić information content (AvgIpc) is 2.89. The summed E-state index contributed by atoms with van der Waals surface area (Å²) >= 11 is 0. The molecule has 0 spiro atoms. The maximum absolute atomic E-state index is 5.00. The second-order valence-electron chi connectivity index (χ2n) is 3.49. The lowest BCUT2D eigenvalue weighted by Gasteiger charge is -2.07. The van der Waals surface area contributed by atoms with Gasteiger partial charge in [0.25, 0.3) is 0 Å². The first-order chi connectivity index (χ1) is 8.31. The van der Waals surface area contributed by atoms with Crippen LogP contribution in [0.1, 0.15) is 18.5 Å². The molecule has 0 saturated heterocycles. The highest BCUT2D eigenvalue weighted by atomic mass is 16.5. The van der Waals surface area contributed by atoms with Gasteiger partial charge in [-0.15, -0.1) is 0 Å². The van der Waals surface area contributed by atoms with Gasteiger partial charge in [-0.05, 0) is 0 Å². The average molecular weight is 233 g/mol. The summed E-state index contributed by atoms with van der Waals surface area (Å²) in [7, 11) is 1.84. The maximum atomic E-state index is 5.00. The summed E-state index contributed by atoms with van der Waals surface area (Å²) in [5.74, 6) is 3.15. The molecular formula is C11H15N5O. The molecule has 6 heteroatoms. The third-order valence-electron chi connectivity index (χ3n) is 2.28. The second kappa shape index (κ2) is 5.29. The minimum Gasteiger partial charge on any atom is -0.373 e. The number of hydrogen-bond acceptors (Lipinski definition) is 6. The molecule has 90 valence electrons. The highest BCUT2D eigenvalue weighted by Crippen LogP contribution is 2.12. The Bertz CT molecular complexity index is 446. The Kier molecular flexibility index (Phi) is 3.54. The van der Waals surface area contributed by atoms with E-state index in [-0.39, 0.29) is 0 Å². The molecule has 2 aromatic rings. The van der Waals surface area contributed by atoms with Crippen LogP contribution in [0.4, 0.5) is 11.6 Å². The Labute approximate surface area is 99.5 Å². The molecule has 6 nitrogen and oxygen atoms in total. The lowest BCUT2D eigenvalue weighted by molar-refractivity contribution is 0.388. The zero-order chi connectivity index (χ0) is 12.1. The summed E-state index contributed by atoms with van der Waals surface area (Å²) in [6, 6.07) is 3.67. The third-order valence-corrected chi connectivity index (χ3v) is 2.28. The van der Waals surface area contributed by atoms with Crippen LogP contribution in [0.15, 0.2) is 22.9 Å². The molecule has 0 saturated carbocycles. The Balaban J connectivity index is 2.09. The van der Waals surface area contributed by atoms with Gasteiger partial charge in [-0.1, -0.05) is 12.1 Å². The fourth-order valence-electron chi connectivity index (χ4n) is 1.38. The molecule has 0 aliphatic rings. The van der Waals surface area contributed by atoms with Crippen molar-refractivity contribution < 1.29 is 4.52 Å². The fourth-order valence-corrected chi connectivity index (χ4v) is 1.38. The molecule has 0 fully saturated rings. The van der Waals surface area contributed by atoms with E-state index in [1.807, 2.05) is 26.1 Å². The predicted octanol–water partition coefficient (Wildman–Crippen LogP) is 1.68. The lowest BCUT2D eigenvalue weighted by Crippen LogP contribution is -2.05. The first-order valence-electron chi connectivity index (χ1n) is 5.51. The first-order valence-corrected chi connectivity index (χ1v) is 5.51. The summed E-state index contributed by atoms with van der Waals surface area (Å²) in [4.78, 5) is 8.69. The Morgan fingerprint density at radius 3 is 2.76 bits per heavy atom. The molecule has 2 heterocycles. The highest BCUT2D eigenvalue weighted by molar-refractivity contribution is 5.47. The molecular weight excluding hydrogens is 218 g/mol. The quantitative estimate of drug-likeness (QED) is 0.818. The van der Waals surface area contributed by atoms with E-state index in [0.29, 0.717) is 6.54 Å². The van der Waals surface area contributed by atoms with Crippen LogP contribution >= 0.6 is 0 Å². The SMILES string of the molecule is CCc1nc(NC)cc(NCc2ccno2)n1. The van der Waals surface area contributed by atoms with Crippen LogP contribution in [0.3, 0.4) is 0 Å². The highest BCUT2D eigenvalue weighted by Gasteiger charge is 2.03. The molecule has 0 radical (unpaired) electrons.